The number of aromatic nitrogens is 1. The lowest BCUT2D eigenvalue weighted by molar-refractivity contribution is 0.0996. The number of benzene rings is 1. The fourth-order valence-electron chi connectivity index (χ4n) is 5.08. The van der Waals surface area contributed by atoms with Crippen molar-refractivity contribution in [3.05, 3.63) is 86.9 Å². The number of carbonyl (C=O) groups excluding carboxylic acids is 1. The molecule has 148 valence electrons. The van der Waals surface area contributed by atoms with Crippen molar-refractivity contribution >= 4 is 17.1 Å². The first-order valence-corrected chi connectivity index (χ1v) is 11.4. The van der Waals surface area contributed by atoms with Crippen LogP contribution in [0.1, 0.15) is 56.2 Å². The highest BCUT2D eigenvalue weighted by Crippen LogP contribution is 2.44. The smallest absolute Gasteiger partial charge is 0.177 e. The van der Waals surface area contributed by atoms with E-state index in [1.807, 2.05) is 12.4 Å². The highest BCUT2D eigenvalue weighted by molar-refractivity contribution is 7.12. The maximum atomic E-state index is 12.8. The summed E-state index contributed by atoms with van der Waals surface area (Å²) in [4.78, 5) is 20.6. The molecule has 0 amide bonds. The molecule has 1 atom stereocenters. The SMILES string of the molecule is Cc1cnccc1CN1CCC(C2c3ccccc3CC(=O)c3sccc32)CC1. The maximum absolute atomic E-state index is 12.8. The minimum absolute atomic E-state index is 0.288. The number of hydrogen-bond donors (Lipinski definition) is 0. The second kappa shape index (κ2) is 7.85. The zero-order valence-corrected chi connectivity index (χ0v) is 17.6. The van der Waals surface area contributed by atoms with Gasteiger partial charge in [0.1, 0.15) is 0 Å². The fourth-order valence-corrected chi connectivity index (χ4v) is 5.97. The lowest BCUT2D eigenvalue weighted by Crippen LogP contribution is -2.35. The van der Waals surface area contributed by atoms with E-state index in [2.05, 4.69) is 58.6 Å². The third-order valence-corrected chi connectivity index (χ3v) is 7.63. The third kappa shape index (κ3) is 3.56. The molecular formula is C25H26N2OS. The molecule has 1 unspecified atom stereocenters. The Morgan fingerprint density at radius 3 is 2.76 bits per heavy atom. The van der Waals surface area contributed by atoms with Crippen LogP contribution >= 0.6 is 11.3 Å². The first kappa shape index (κ1) is 18.7. The molecule has 2 aromatic heterocycles. The Hall–Kier alpha value is -2.30. The van der Waals surface area contributed by atoms with Crippen LogP contribution in [0, 0.1) is 12.8 Å². The normalized spacial score (nSPS) is 20.2. The molecule has 3 nitrogen and oxygen atoms in total. The van der Waals surface area contributed by atoms with Crippen LogP contribution in [0.25, 0.3) is 0 Å². The zero-order valence-electron chi connectivity index (χ0n) is 16.8. The number of thiophene rings is 1. The lowest BCUT2D eigenvalue weighted by atomic mass is 9.75. The van der Waals surface area contributed by atoms with Gasteiger partial charge in [0.25, 0.3) is 0 Å². The summed E-state index contributed by atoms with van der Waals surface area (Å²) in [5.74, 6) is 1.23. The van der Waals surface area contributed by atoms with Gasteiger partial charge >= 0.3 is 0 Å². The first-order chi connectivity index (χ1) is 14.2. The highest BCUT2D eigenvalue weighted by Gasteiger charge is 2.35. The summed E-state index contributed by atoms with van der Waals surface area (Å²) in [6.45, 7) is 5.37. The fraction of sp³-hybridized carbons (Fsp3) is 0.360. The van der Waals surface area contributed by atoms with E-state index in [0.717, 1.165) is 24.5 Å². The molecule has 0 spiro atoms. The van der Waals surface area contributed by atoms with Gasteiger partial charge in [0.05, 0.1) is 4.88 Å². The quantitative estimate of drug-likeness (QED) is 0.601. The van der Waals surface area contributed by atoms with Crippen molar-refractivity contribution in [1.29, 1.82) is 0 Å². The predicted molar refractivity (Wildman–Crippen MR) is 118 cm³/mol. The van der Waals surface area contributed by atoms with Gasteiger partial charge in [0, 0.05) is 31.3 Å². The van der Waals surface area contributed by atoms with E-state index < -0.39 is 0 Å². The molecule has 4 heteroatoms. The predicted octanol–water partition coefficient (Wildman–Crippen LogP) is 5.23. The van der Waals surface area contributed by atoms with Crippen LogP contribution in [-0.2, 0) is 13.0 Å². The highest BCUT2D eigenvalue weighted by atomic mass is 32.1. The molecule has 29 heavy (non-hydrogen) atoms. The Morgan fingerprint density at radius 2 is 1.93 bits per heavy atom. The van der Waals surface area contributed by atoms with E-state index in [-0.39, 0.29) is 5.78 Å². The molecule has 1 aliphatic carbocycles. The Bertz CT molecular complexity index is 1030. The number of Topliss-reactive ketones (excluding diaryl/α,β-unsaturated/α-hetero) is 1. The van der Waals surface area contributed by atoms with Gasteiger partial charge in [-0.3, -0.25) is 14.7 Å². The van der Waals surface area contributed by atoms with Gasteiger partial charge in [-0.25, -0.2) is 0 Å². The third-order valence-electron chi connectivity index (χ3n) is 6.66. The minimum atomic E-state index is 0.288. The van der Waals surface area contributed by atoms with Gasteiger partial charge in [0.15, 0.2) is 5.78 Å². The summed E-state index contributed by atoms with van der Waals surface area (Å²) in [5.41, 5.74) is 6.52. The molecule has 1 aliphatic heterocycles. The van der Waals surface area contributed by atoms with Gasteiger partial charge < -0.3 is 0 Å². The Balaban J connectivity index is 1.39. The lowest BCUT2D eigenvalue weighted by Gasteiger charge is -2.37. The maximum Gasteiger partial charge on any atom is 0.177 e. The average molecular weight is 403 g/mol. The largest absolute Gasteiger partial charge is 0.299 e. The van der Waals surface area contributed by atoms with E-state index in [4.69, 9.17) is 0 Å². The second-order valence-electron chi connectivity index (χ2n) is 8.40. The number of nitrogens with zero attached hydrogens (tertiary/aromatic N) is 2. The van der Waals surface area contributed by atoms with Gasteiger partial charge in [0.2, 0.25) is 0 Å². The van der Waals surface area contributed by atoms with Crippen LogP contribution in [0.2, 0.25) is 0 Å². The Labute approximate surface area is 176 Å². The van der Waals surface area contributed by atoms with Gasteiger partial charge in [-0.05, 0) is 84.1 Å². The minimum Gasteiger partial charge on any atom is -0.299 e. The van der Waals surface area contributed by atoms with E-state index in [0.29, 0.717) is 18.3 Å². The molecule has 3 heterocycles. The van der Waals surface area contributed by atoms with Gasteiger partial charge in [-0.2, -0.15) is 0 Å². The number of ketones is 1. The summed E-state index contributed by atoms with van der Waals surface area (Å²) >= 11 is 1.62. The van der Waals surface area contributed by atoms with E-state index in [1.165, 1.54) is 40.7 Å². The van der Waals surface area contributed by atoms with Crippen molar-refractivity contribution in [3.8, 4) is 0 Å². The molecule has 0 bridgehead atoms. The van der Waals surface area contributed by atoms with Crippen LogP contribution < -0.4 is 0 Å². The van der Waals surface area contributed by atoms with E-state index >= 15 is 0 Å². The molecular weight excluding hydrogens is 376 g/mol. The van der Waals surface area contributed by atoms with Crippen LogP contribution in [-0.4, -0.2) is 28.8 Å². The summed E-state index contributed by atoms with van der Waals surface area (Å²) < 4.78 is 0. The van der Waals surface area contributed by atoms with Crippen molar-refractivity contribution < 1.29 is 4.79 Å². The summed E-state index contributed by atoms with van der Waals surface area (Å²) in [6.07, 6.45) is 6.74. The number of likely N-dealkylation sites (tertiary alicyclic amines) is 1. The molecule has 1 saturated heterocycles. The molecule has 0 saturated carbocycles. The molecule has 3 aromatic rings. The number of pyridine rings is 1. The van der Waals surface area contributed by atoms with Crippen molar-refractivity contribution in [1.82, 2.24) is 9.88 Å². The topological polar surface area (TPSA) is 33.2 Å². The van der Waals surface area contributed by atoms with Gasteiger partial charge in [-0.15, -0.1) is 11.3 Å². The Morgan fingerprint density at radius 1 is 1.10 bits per heavy atom. The first-order valence-electron chi connectivity index (χ1n) is 10.5. The van der Waals surface area contributed by atoms with Gasteiger partial charge in [-0.1, -0.05) is 24.3 Å². The second-order valence-corrected chi connectivity index (χ2v) is 9.31. The summed E-state index contributed by atoms with van der Waals surface area (Å²) in [5, 5.41) is 2.10. The molecule has 0 N–H and O–H groups in total. The monoisotopic (exact) mass is 402 g/mol. The van der Waals surface area contributed by atoms with E-state index in [9.17, 15) is 4.79 Å². The van der Waals surface area contributed by atoms with Crippen molar-refractivity contribution in [2.24, 2.45) is 5.92 Å². The van der Waals surface area contributed by atoms with Crippen molar-refractivity contribution in [2.45, 2.75) is 38.6 Å². The number of fused-ring (bicyclic) bond motifs is 2. The van der Waals surface area contributed by atoms with Crippen molar-refractivity contribution in [2.75, 3.05) is 13.1 Å². The van der Waals surface area contributed by atoms with Crippen LogP contribution in [0.5, 0.6) is 0 Å². The number of aryl methyl sites for hydroxylation is 1. The molecule has 1 aromatic carbocycles. The molecule has 0 radical (unpaired) electrons. The average Bonchev–Trinajstić information content (AvgIpc) is 3.18. The van der Waals surface area contributed by atoms with Crippen molar-refractivity contribution in [3.63, 3.8) is 0 Å². The standard InChI is InChI=1S/C25H26N2OS/c1-17-15-26-10-6-20(17)16-27-11-7-18(8-12-27)24-21-5-3-2-4-19(21)14-23(28)25-22(24)9-13-29-25/h2-6,9-10,13,15,18,24H,7-8,11-12,14,16H2,1H3. The molecule has 2 aliphatic rings. The van der Waals surface area contributed by atoms with Crippen LogP contribution in [0.4, 0.5) is 0 Å². The van der Waals surface area contributed by atoms with E-state index in [1.54, 1.807) is 11.3 Å². The number of rotatable bonds is 3. The van der Waals surface area contributed by atoms with Crippen LogP contribution in [0.15, 0.2) is 54.2 Å². The Kier molecular flexibility index (Phi) is 5.06. The number of carbonyl (C=O) groups is 1. The zero-order chi connectivity index (χ0) is 19.8. The van der Waals surface area contributed by atoms with Crippen LogP contribution in [0.3, 0.4) is 0 Å². The molecule has 5 rings (SSSR count). The summed E-state index contributed by atoms with van der Waals surface area (Å²) in [6, 6.07) is 13.0. The number of hydrogen-bond acceptors (Lipinski definition) is 4. The molecule has 1 fully saturated rings. The summed E-state index contributed by atoms with van der Waals surface area (Å²) in [7, 11) is 0. The number of piperidine rings is 1.